The fourth-order valence-corrected chi connectivity index (χ4v) is 6.68. The summed E-state index contributed by atoms with van der Waals surface area (Å²) in [5.74, 6) is 0. The van der Waals surface area contributed by atoms with Crippen LogP contribution in [0.1, 0.15) is 27.8 Å². The highest BCUT2D eigenvalue weighted by atomic mass is 14.5. The Morgan fingerprint density at radius 3 is 1.95 bits per heavy atom. The van der Waals surface area contributed by atoms with E-state index in [1.807, 2.05) is 6.08 Å². The molecule has 0 aliphatic heterocycles. The number of rotatable bonds is 6. The molecule has 1 heteroatoms. The summed E-state index contributed by atoms with van der Waals surface area (Å²) in [6.07, 6.45) is 4.23. The highest BCUT2D eigenvalue weighted by Crippen LogP contribution is 2.58. The smallest absolute Gasteiger partial charge is 0.0988 e. The Morgan fingerprint density at radius 2 is 1.29 bits per heavy atom. The first-order valence-corrected chi connectivity index (χ1v) is 14.3. The van der Waals surface area contributed by atoms with E-state index in [9.17, 15) is 5.26 Å². The summed E-state index contributed by atoms with van der Waals surface area (Å²) in [4.78, 5) is 0. The molecular weight excluding hydrogens is 506 g/mol. The molecule has 0 N–H and O–H groups in total. The fraction of sp³-hybridized carbons (Fsp3) is 0.0488. The van der Waals surface area contributed by atoms with Gasteiger partial charge in [0.15, 0.2) is 0 Å². The molecule has 0 atom stereocenters. The number of hydrogen-bond donors (Lipinski definition) is 0. The van der Waals surface area contributed by atoms with Crippen LogP contribution < -0.4 is 0 Å². The van der Waals surface area contributed by atoms with Crippen LogP contribution >= 0.6 is 0 Å². The van der Waals surface area contributed by atoms with Gasteiger partial charge >= 0.3 is 0 Å². The molecule has 6 aromatic rings. The van der Waals surface area contributed by atoms with Crippen molar-refractivity contribution in [2.24, 2.45) is 0 Å². The number of nitriles is 1. The average Bonchev–Trinajstić information content (AvgIpc) is 3.37. The molecule has 1 aliphatic carbocycles. The summed E-state index contributed by atoms with van der Waals surface area (Å²) in [6, 6.07) is 53.1. The van der Waals surface area contributed by atoms with Crippen molar-refractivity contribution in [2.45, 2.75) is 11.8 Å². The molecule has 0 fully saturated rings. The van der Waals surface area contributed by atoms with E-state index in [4.69, 9.17) is 0 Å². The van der Waals surface area contributed by atoms with Crippen molar-refractivity contribution in [1.29, 1.82) is 5.26 Å². The highest BCUT2D eigenvalue weighted by Gasteiger charge is 2.46. The van der Waals surface area contributed by atoms with Crippen LogP contribution in [-0.2, 0) is 11.8 Å². The van der Waals surface area contributed by atoms with Crippen molar-refractivity contribution in [1.82, 2.24) is 0 Å². The summed E-state index contributed by atoms with van der Waals surface area (Å²) in [6.45, 7) is 3.72. The first-order valence-electron chi connectivity index (χ1n) is 14.3. The van der Waals surface area contributed by atoms with E-state index in [-0.39, 0.29) is 0 Å². The zero-order valence-electron chi connectivity index (χ0n) is 23.3. The van der Waals surface area contributed by atoms with Crippen molar-refractivity contribution in [3.8, 4) is 28.3 Å². The Labute approximate surface area is 247 Å². The Hall–Kier alpha value is -5.45. The molecule has 42 heavy (non-hydrogen) atoms. The van der Waals surface area contributed by atoms with Crippen molar-refractivity contribution < 1.29 is 0 Å². The van der Waals surface area contributed by atoms with Gasteiger partial charge in [-0.3, -0.25) is 0 Å². The molecule has 0 radical (unpaired) electrons. The Bertz CT molecular complexity index is 1970. The van der Waals surface area contributed by atoms with Crippen LogP contribution in [-0.4, -0.2) is 0 Å². The summed E-state index contributed by atoms with van der Waals surface area (Å²) in [5.41, 5.74) is 11.5. The first-order chi connectivity index (χ1) is 20.7. The second-order valence-electron chi connectivity index (χ2n) is 10.8. The van der Waals surface area contributed by atoms with Gasteiger partial charge in [0.2, 0.25) is 0 Å². The number of benzene rings is 6. The molecule has 6 aromatic carbocycles. The number of hydrogen-bond acceptors (Lipinski definition) is 1. The minimum atomic E-state index is -0.421. The van der Waals surface area contributed by atoms with Gasteiger partial charge in [-0.1, -0.05) is 152 Å². The minimum Gasteiger partial charge on any atom is -0.192 e. The topological polar surface area (TPSA) is 23.8 Å². The van der Waals surface area contributed by atoms with E-state index in [1.165, 1.54) is 55.3 Å². The monoisotopic (exact) mass is 535 g/mol. The standard InChI is InChI=1S/C41H29N/c1-2-29(28-42)17-18-30-19-21-31(22-20-30)33-24-25-38-37(27-33)40-36-16-10-9-11-32(36)23-26-39(40)41(38,34-12-5-3-6-13-34)35-14-7-4-8-15-35/h2-17,19-27H,1,18H2/b29-17+. The second kappa shape index (κ2) is 10.5. The number of nitrogens with zero attached hydrogens (tertiary/aromatic N) is 1. The van der Waals surface area contributed by atoms with Crippen LogP contribution in [0.4, 0.5) is 0 Å². The molecule has 0 unspecified atom stereocenters. The highest BCUT2D eigenvalue weighted by molar-refractivity contribution is 6.04. The van der Waals surface area contributed by atoms with Gasteiger partial charge in [-0.05, 0) is 73.3 Å². The number of allylic oxidation sites excluding steroid dienone is 3. The van der Waals surface area contributed by atoms with Crippen LogP contribution in [0.2, 0.25) is 0 Å². The predicted molar refractivity (Wildman–Crippen MR) is 174 cm³/mol. The van der Waals surface area contributed by atoms with Gasteiger partial charge in [0.25, 0.3) is 0 Å². The van der Waals surface area contributed by atoms with E-state index < -0.39 is 5.41 Å². The van der Waals surface area contributed by atoms with Crippen LogP contribution in [0.5, 0.6) is 0 Å². The van der Waals surface area contributed by atoms with Crippen molar-refractivity contribution >= 4 is 10.8 Å². The van der Waals surface area contributed by atoms with Crippen molar-refractivity contribution in [3.05, 3.63) is 192 Å². The average molecular weight is 536 g/mol. The van der Waals surface area contributed by atoms with E-state index in [0.29, 0.717) is 12.0 Å². The van der Waals surface area contributed by atoms with Crippen LogP contribution in [0.3, 0.4) is 0 Å². The summed E-state index contributed by atoms with van der Waals surface area (Å²) in [5, 5.41) is 11.7. The van der Waals surface area contributed by atoms with Gasteiger partial charge in [0, 0.05) is 5.57 Å². The molecule has 0 aromatic heterocycles. The molecule has 0 amide bonds. The van der Waals surface area contributed by atoms with Crippen molar-refractivity contribution in [2.75, 3.05) is 0 Å². The van der Waals surface area contributed by atoms with Gasteiger partial charge in [0.1, 0.15) is 0 Å². The maximum absolute atomic E-state index is 9.20. The lowest BCUT2D eigenvalue weighted by Crippen LogP contribution is -2.28. The summed E-state index contributed by atoms with van der Waals surface area (Å²) >= 11 is 0. The van der Waals surface area contributed by atoms with Gasteiger partial charge in [-0.15, -0.1) is 0 Å². The van der Waals surface area contributed by atoms with E-state index in [1.54, 1.807) is 6.08 Å². The third-order valence-electron chi connectivity index (χ3n) is 8.63. The fourth-order valence-electron chi connectivity index (χ4n) is 6.68. The third-order valence-corrected chi connectivity index (χ3v) is 8.63. The molecule has 1 aliphatic rings. The van der Waals surface area contributed by atoms with Gasteiger partial charge in [-0.25, -0.2) is 0 Å². The van der Waals surface area contributed by atoms with Crippen LogP contribution in [0.25, 0.3) is 33.0 Å². The van der Waals surface area contributed by atoms with E-state index in [2.05, 4.69) is 152 Å². The Kier molecular flexibility index (Phi) is 6.38. The first kappa shape index (κ1) is 25.5. The SMILES string of the molecule is C=C/C(C#N)=C\Cc1ccc(-c2ccc3c(c2)-c2c(ccc4ccccc24)C3(c2ccccc2)c2ccccc2)cc1. The van der Waals surface area contributed by atoms with Gasteiger partial charge in [0.05, 0.1) is 11.5 Å². The third kappa shape index (κ3) is 4.00. The van der Waals surface area contributed by atoms with Gasteiger partial charge in [-0.2, -0.15) is 5.26 Å². The molecular formula is C41H29N. The molecule has 7 rings (SSSR count). The largest absolute Gasteiger partial charge is 0.192 e. The zero-order valence-corrected chi connectivity index (χ0v) is 23.3. The number of fused-ring (bicyclic) bond motifs is 5. The maximum Gasteiger partial charge on any atom is 0.0988 e. The lowest BCUT2D eigenvalue weighted by atomic mass is 9.67. The summed E-state index contributed by atoms with van der Waals surface area (Å²) in [7, 11) is 0. The normalized spacial score (nSPS) is 13.3. The quantitative estimate of drug-likeness (QED) is 0.153. The maximum atomic E-state index is 9.20. The molecule has 198 valence electrons. The second-order valence-corrected chi connectivity index (χ2v) is 10.8. The molecule has 0 heterocycles. The van der Waals surface area contributed by atoms with E-state index >= 15 is 0 Å². The minimum absolute atomic E-state index is 0.421. The van der Waals surface area contributed by atoms with Crippen LogP contribution in [0, 0.1) is 11.3 Å². The molecule has 0 saturated heterocycles. The lowest BCUT2D eigenvalue weighted by molar-refractivity contribution is 0.769. The van der Waals surface area contributed by atoms with Crippen molar-refractivity contribution in [3.63, 3.8) is 0 Å². The van der Waals surface area contributed by atoms with Gasteiger partial charge < -0.3 is 0 Å². The molecule has 1 nitrogen and oxygen atoms in total. The van der Waals surface area contributed by atoms with E-state index in [0.717, 1.165) is 5.56 Å². The molecule has 0 bridgehead atoms. The van der Waals surface area contributed by atoms with Crippen LogP contribution in [0.15, 0.2) is 164 Å². The molecule has 0 saturated carbocycles. The summed E-state index contributed by atoms with van der Waals surface area (Å²) < 4.78 is 0. The Balaban J connectivity index is 1.46. The molecule has 0 spiro atoms. The predicted octanol–water partition coefficient (Wildman–Crippen LogP) is 10.0. The Morgan fingerprint density at radius 1 is 0.667 bits per heavy atom. The zero-order chi connectivity index (χ0) is 28.5. The lowest BCUT2D eigenvalue weighted by Gasteiger charge is -2.34.